The van der Waals surface area contributed by atoms with E-state index in [1.165, 1.54) is 12.8 Å². The number of piperidine rings is 1. The fraction of sp³-hybridized carbons (Fsp3) is 0.538. The maximum Gasteiger partial charge on any atom is 0.126 e. The van der Waals surface area contributed by atoms with Crippen molar-refractivity contribution in [2.24, 2.45) is 0 Å². The van der Waals surface area contributed by atoms with Crippen molar-refractivity contribution in [1.82, 2.24) is 5.32 Å². The third-order valence-electron chi connectivity index (χ3n) is 3.39. The van der Waals surface area contributed by atoms with Crippen molar-refractivity contribution < 1.29 is 4.39 Å². The number of aryl methyl sites for hydroxylation is 1. The Bertz CT molecular complexity index is 331. The summed E-state index contributed by atoms with van der Waals surface area (Å²) in [5.74, 6) is 0.433. The fourth-order valence-corrected chi connectivity index (χ4v) is 2.21. The summed E-state index contributed by atoms with van der Waals surface area (Å²) in [5.41, 5.74) is 3.00. The largest absolute Gasteiger partial charge is 0.316 e. The number of rotatable bonds is 1. The minimum absolute atomic E-state index is 0.0597. The lowest BCUT2D eigenvalue weighted by atomic mass is 9.89. The van der Waals surface area contributed by atoms with E-state index in [9.17, 15) is 4.39 Å². The molecular weight excluding hydrogens is 189 g/mol. The van der Waals surface area contributed by atoms with Crippen LogP contribution >= 0.6 is 0 Å². The van der Waals surface area contributed by atoms with Crippen LogP contribution in [0.5, 0.6) is 0 Å². The van der Waals surface area contributed by atoms with Crippen molar-refractivity contribution >= 4 is 0 Å². The Hall–Kier alpha value is -0.890. The molecule has 1 N–H and O–H groups in total. The lowest BCUT2D eigenvalue weighted by molar-refractivity contribution is 0.459. The van der Waals surface area contributed by atoms with E-state index in [0.717, 1.165) is 29.8 Å². The molecule has 1 aromatic rings. The highest BCUT2D eigenvalue weighted by molar-refractivity contribution is 5.33. The van der Waals surface area contributed by atoms with Crippen LogP contribution in [0, 0.1) is 19.7 Å². The minimum atomic E-state index is -0.0597. The van der Waals surface area contributed by atoms with Crippen molar-refractivity contribution in [2.45, 2.75) is 32.6 Å². The van der Waals surface area contributed by atoms with Gasteiger partial charge in [0, 0.05) is 6.54 Å². The van der Waals surface area contributed by atoms with Crippen molar-refractivity contribution in [3.05, 3.63) is 34.6 Å². The van der Waals surface area contributed by atoms with Gasteiger partial charge >= 0.3 is 0 Å². The second-order valence-electron chi connectivity index (χ2n) is 4.49. The molecule has 1 heterocycles. The quantitative estimate of drug-likeness (QED) is 0.746. The van der Waals surface area contributed by atoms with Gasteiger partial charge in [-0.2, -0.15) is 0 Å². The van der Waals surface area contributed by atoms with Gasteiger partial charge in [-0.3, -0.25) is 0 Å². The minimum Gasteiger partial charge on any atom is -0.316 e. The average molecular weight is 207 g/mol. The Morgan fingerprint density at radius 1 is 1.33 bits per heavy atom. The highest BCUT2D eigenvalue weighted by atomic mass is 19.1. The molecule has 0 radical (unpaired) electrons. The SMILES string of the molecule is Cc1cc(C2CCCNC2)cc(F)c1C. The summed E-state index contributed by atoms with van der Waals surface area (Å²) in [6, 6.07) is 3.84. The lowest BCUT2D eigenvalue weighted by Gasteiger charge is -2.23. The highest BCUT2D eigenvalue weighted by Crippen LogP contribution is 2.26. The fourth-order valence-electron chi connectivity index (χ4n) is 2.21. The van der Waals surface area contributed by atoms with E-state index in [1.54, 1.807) is 6.07 Å². The molecule has 1 aliphatic heterocycles. The molecule has 1 nitrogen and oxygen atoms in total. The summed E-state index contributed by atoms with van der Waals surface area (Å²) in [6.07, 6.45) is 2.37. The van der Waals surface area contributed by atoms with Crippen LogP contribution in [0.4, 0.5) is 4.39 Å². The Labute approximate surface area is 90.7 Å². The summed E-state index contributed by atoms with van der Waals surface area (Å²) >= 11 is 0. The maximum absolute atomic E-state index is 13.6. The van der Waals surface area contributed by atoms with Crippen molar-refractivity contribution in [1.29, 1.82) is 0 Å². The standard InChI is InChI=1S/C13H18FN/c1-9-6-12(7-13(14)10(9)2)11-4-3-5-15-8-11/h6-7,11,15H,3-5,8H2,1-2H3. The molecule has 0 amide bonds. The molecule has 0 aromatic heterocycles. The number of hydrogen-bond acceptors (Lipinski definition) is 1. The molecule has 0 spiro atoms. The summed E-state index contributed by atoms with van der Waals surface area (Å²) in [5, 5.41) is 3.36. The first kappa shape index (κ1) is 10.6. The molecule has 1 atom stereocenters. The summed E-state index contributed by atoms with van der Waals surface area (Å²) in [6.45, 7) is 5.91. The Balaban J connectivity index is 2.27. The normalized spacial score (nSPS) is 21.7. The van der Waals surface area contributed by atoms with Crippen LogP contribution < -0.4 is 5.32 Å². The molecule has 0 aliphatic carbocycles. The molecule has 2 heteroatoms. The molecular formula is C13H18FN. The first-order valence-electron chi connectivity index (χ1n) is 5.66. The van der Waals surface area contributed by atoms with Gasteiger partial charge in [0.15, 0.2) is 0 Å². The van der Waals surface area contributed by atoms with Crippen LogP contribution in [0.1, 0.15) is 35.4 Å². The van der Waals surface area contributed by atoms with E-state index in [-0.39, 0.29) is 5.82 Å². The van der Waals surface area contributed by atoms with Gasteiger partial charge in [-0.25, -0.2) is 4.39 Å². The molecule has 0 saturated carbocycles. The summed E-state index contributed by atoms with van der Waals surface area (Å²) in [4.78, 5) is 0. The van der Waals surface area contributed by atoms with Crippen LogP contribution in [0.25, 0.3) is 0 Å². The summed E-state index contributed by atoms with van der Waals surface area (Å²) in [7, 11) is 0. The van der Waals surface area contributed by atoms with Gasteiger partial charge < -0.3 is 5.32 Å². The first-order valence-corrected chi connectivity index (χ1v) is 5.66. The van der Waals surface area contributed by atoms with E-state index in [1.807, 2.05) is 13.8 Å². The molecule has 1 aromatic carbocycles. The van der Waals surface area contributed by atoms with Crippen LogP contribution in [0.15, 0.2) is 12.1 Å². The maximum atomic E-state index is 13.6. The first-order chi connectivity index (χ1) is 7.18. The van der Waals surface area contributed by atoms with Crippen LogP contribution in [0.3, 0.4) is 0 Å². The van der Waals surface area contributed by atoms with E-state index < -0.39 is 0 Å². The van der Waals surface area contributed by atoms with Gasteiger partial charge in [0.25, 0.3) is 0 Å². The van der Waals surface area contributed by atoms with Gasteiger partial charge in [0.1, 0.15) is 5.82 Å². The van der Waals surface area contributed by atoms with E-state index in [0.29, 0.717) is 5.92 Å². The number of halogens is 1. The zero-order valence-corrected chi connectivity index (χ0v) is 9.44. The topological polar surface area (TPSA) is 12.0 Å². The average Bonchev–Trinajstić information content (AvgIpc) is 2.26. The molecule has 1 saturated heterocycles. The molecule has 15 heavy (non-hydrogen) atoms. The van der Waals surface area contributed by atoms with Crippen molar-refractivity contribution in [3.63, 3.8) is 0 Å². The van der Waals surface area contributed by atoms with Crippen molar-refractivity contribution in [3.8, 4) is 0 Å². The van der Waals surface area contributed by atoms with Gasteiger partial charge in [-0.15, -0.1) is 0 Å². The predicted molar refractivity (Wildman–Crippen MR) is 60.7 cm³/mol. The van der Waals surface area contributed by atoms with E-state index >= 15 is 0 Å². The molecule has 1 aliphatic rings. The van der Waals surface area contributed by atoms with Crippen LogP contribution in [-0.2, 0) is 0 Å². The Morgan fingerprint density at radius 2 is 2.13 bits per heavy atom. The molecule has 2 rings (SSSR count). The van der Waals surface area contributed by atoms with Gasteiger partial charge in [0.05, 0.1) is 0 Å². The predicted octanol–water partition coefficient (Wildman–Crippen LogP) is 2.91. The highest BCUT2D eigenvalue weighted by Gasteiger charge is 2.16. The van der Waals surface area contributed by atoms with E-state index in [2.05, 4.69) is 11.4 Å². The second kappa shape index (κ2) is 4.31. The molecule has 1 unspecified atom stereocenters. The Kier molecular flexibility index (Phi) is 3.06. The summed E-state index contributed by atoms with van der Waals surface area (Å²) < 4.78 is 13.6. The zero-order chi connectivity index (χ0) is 10.8. The lowest BCUT2D eigenvalue weighted by Crippen LogP contribution is -2.28. The van der Waals surface area contributed by atoms with Gasteiger partial charge in [-0.05, 0) is 61.9 Å². The van der Waals surface area contributed by atoms with Gasteiger partial charge in [0.2, 0.25) is 0 Å². The smallest absolute Gasteiger partial charge is 0.126 e. The van der Waals surface area contributed by atoms with Crippen molar-refractivity contribution in [2.75, 3.05) is 13.1 Å². The number of hydrogen-bond donors (Lipinski definition) is 1. The van der Waals surface area contributed by atoms with Crippen LogP contribution in [-0.4, -0.2) is 13.1 Å². The second-order valence-corrected chi connectivity index (χ2v) is 4.49. The molecule has 82 valence electrons. The monoisotopic (exact) mass is 207 g/mol. The Morgan fingerprint density at radius 3 is 2.73 bits per heavy atom. The molecule has 1 fully saturated rings. The van der Waals surface area contributed by atoms with E-state index in [4.69, 9.17) is 0 Å². The van der Waals surface area contributed by atoms with Crippen LogP contribution in [0.2, 0.25) is 0 Å². The number of nitrogens with one attached hydrogen (secondary N) is 1. The number of benzene rings is 1. The zero-order valence-electron chi connectivity index (χ0n) is 9.44. The third kappa shape index (κ3) is 2.20. The third-order valence-corrected chi connectivity index (χ3v) is 3.39. The van der Waals surface area contributed by atoms with Gasteiger partial charge in [-0.1, -0.05) is 6.07 Å². The molecule has 0 bridgehead atoms.